The first-order chi connectivity index (χ1) is 17.3. The third-order valence-corrected chi connectivity index (χ3v) is 7.39. The Morgan fingerprint density at radius 1 is 1.06 bits per heavy atom. The molecule has 2 aromatic heterocycles. The Labute approximate surface area is 210 Å². The number of H-pyrrole nitrogens is 1. The van der Waals surface area contributed by atoms with Crippen LogP contribution < -0.4 is 11.1 Å². The van der Waals surface area contributed by atoms with Crippen LogP contribution >= 0.6 is 11.9 Å². The molecule has 0 atom stereocenters. The molecule has 36 heavy (non-hydrogen) atoms. The fraction of sp³-hybridized carbons (Fsp3) is 0.231. The summed E-state index contributed by atoms with van der Waals surface area (Å²) in [5, 5.41) is 4.19. The highest BCUT2D eigenvalue weighted by Crippen LogP contribution is 2.33. The first-order valence-electron chi connectivity index (χ1n) is 11.5. The molecule has 4 aromatic rings. The van der Waals surface area contributed by atoms with Crippen molar-refractivity contribution in [3.63, 3.8) is 0 Å². The summed E-state index contributed by atoms with van der Waals surface area (Å²) >= 11 is 1.69. The van der Waals surface area contributed by atoms with E-state index in [0.717, 1.165) is 65.1 Å². The van der Waals surface area contributed by atoms with E-state index < -0.39 is 17.6 Å². The van der Waals surface area contributed by atoms with Gasteiger partial charge in [-0.2, -0.15) is 13.2 Å². The van der Waals surface area contributed by atoms with E-state index >= 15 is 0 Å². The molecule has 1 amide bonds. The van der Waals surface area contributed by atoms with E-state index in [4.69, 9.17) is 5.73 Å². The number of pyridine rings is 1. The van der Waals surface area contributed by atoms with Crippen LogP contribution in [0.3, 0.4) is 0 Å². The van der Waals surface area contributed by atoms with Gasteiger partial charge in [-0.05, 0) is 72.3 Å². The van der Waals surface area contributed by atoms with Gasteiger partial charge < -0.3 is 16.0 Å². The van der Waals surface area contributed by atoms with Crippen molar-refractivity contribution < 1.29 is 18.0 Å². The maximum atomic E-state index is 12.7. The summed E-state index contributed by atoms with van der Waals surface area (Å²) in [4.78, 5) is 19.8. The van der Waals surface area contributed by atoms with Crippen LogP contribution in [0.25, 0.3) is 22.0 Å². The highest BCUT2D eigenvalue weighted by Gasteiger charge is 2.30. The quantitative estimate of drug-likeness (QED) is 0.279. The van der Waals surface area contributed by atoms with Gasteiger partial charge in [0.15, 0.2) is 0 Å². The molecule has 2 aromatic carbocycles. The van der Waals surface area contributed by atoms with Crippen LogP contribution in [-0.2, 0) is 6.18 Å². The van der Waals surface area contributed by atoms with Gasteiger partial charge in [0.25, 0.3) is 5.91 Å². The maximum absolute atomic E-state index is 12.7. The molecule has 0 radical (unpaired) electrons. The average molecular weight is 512 g/mol. The van der Waals surface area contributed by atoms with E-state index in [0.29, 0.717) is 11.4 Å². The second kappa shape index (κ2) is 9.87. The summed E-state index contributed by atoms with van der Waals surface area (Å²) < 4.78 is 40.4. The number of amides is 1. The van der Waals surface area contributed by atoms with E-state index in [1.165, 1.54) is 6.07 Å². The molecule has 1 saturated heterocycles. The number of alkyl halides is 3. The van der Waals surface area contributed by atoms with Gasteiger partial charge in [0.1, 0.15) is 5.82 Å². The number of hydrogen-bond acceptors (Lipinski definition) is 5. The van der Waals surface area contributed by atoms with Crippen molar-refractivity contribution in [1.82, 2.24) is 14.3 Å². The number of rotatable bonds is 6. The third kappa shape index (κ3) is 5.19. The van der Waals surface area contributed by atoms with E-state index in [9.17, 15) is 18.0 Å². The Balaban J connectivity index is 1.18. The molecular weight excluding hydrogens is 487 g/mol. The van der Waals surface area contributed by atoms with E-state index in [-0.39, 0.29) is 6.04 Å². The smallest absolute Gasteiger partial charge is 0.367 e. The van der Waals surface area contributed by atoms with Crippen molar-refractivity contribution in [1.29, 1.82) is 0 Å². The predicted molar refractivity (Wildman–Crippen MR) is 136 cm³/mol. The zero-order chi connectivity index (χ0) is 25.3. The zero-order valence-corrected chi connectivity index (χ0v) is 20.0. The highest BCUT2D eigenvalue weighted by molar-refractivity contribution is 7.97. The highest BCUT2D eigenvalue weighted by atomic mass is 32.2. The normalized spacial score (nSPS) is 15.3. The van der Waals surface area contributed by atoms with Gasteiger partial charge in [0, 0.05) is 41.8 Å². The number of nitrogens with zero attached hydrogens (tertiary/aromatic N) is 2. The van der Waals surface area contributed by atoms with Gasteiger partial charge in [-0.1, -0.05) is 18.2 Å². The molecule has 0 saturated carbocycles. The molecular formula is C26H24F3N5OS. The molecule has 1 fully saturated rings. The van der Waals surface area contributed by atoms with Crippen LogP contribution in [0.1, 0.15) is 28.8 Å². The molecule has 10 heteroatoms. The monoisotopic (exact) mass is 511 g/mol. The number of carbonyl (C=O) groups excluding carboxylic acids is 1. The second-order valence-corrected chi connectivity index (χ2v) is 9.85. The Bertz CT molecular complexity index is 1360. The standard InChI is InChI=1S/C26H24F3N5OS/c27-26(28,29)17-3-8-23(32-15-17)33-18-10-13-34(14-11-18)36-19-4-1-16(2-5-19)20-6-7-22(25(30)35)24-21(20)9-12-31-24/h1-9,12,15,18,31H,10-11,13-14H2,(H2,30,35)(H,32,33). The lowest BCUT2D eigenvalue weighted by Gasteiger charge is -2.31. The lowest BCUT2D eigenvalue weighted by Crippen LogP contribution is -2.35. The van der Waals surface area contributed by atoms with E-state index in [2.05, 4.69) is 43.9 Å². The van der Waals surface area contributed by atoms with Gasteiger partial charge in [0.05, 0.1) is 16.6 Å². The van der Waals surface area contributed by atoms with Crippen molar-refractivity contribution in [3.8, 4) is 11.1 Å². The molecule has 186 valence electrons. The van der Waals surface area contributed by atoms with Crippen molar-refractivity contribution in [2.24, 2.45) is 5.73 Å². The number of aromatic amines is 1. The molecule has 1 aliphatic rings. The van der Waals surface area contributed by atoms with E-state index in [1.54, 1.807) is 24.2 Å². The Morgan fingerprint density at radius 2 is 1.81 bits per heavy atom. The molecule has 6 nitrogen and oxygen atoms in total. The Hall–Kier alpha value is -3.50. The van der Waals surface area contributed by atoms with Crippen molar-refractivity contribution in [3.05, 3.63) is 78.1 Å². The van der Waals surface area contributed by atoms with Crippen LogP contribution in [0.2, 0.25) is 0 Å². The molecule has 1 aliphatic heterocycles. The number of nitrogens with one attached hydrogen (secondary N) is 2. The number of primary amides is 1. The van der Waals surface area contributed by atoms with Gasteiger partial charge in [-0.15, -0.1) is 0 Å². The number of piperidine rings is 1. The summed E-state index contributed by atoms with van der Waals surface area (Å²) in [6.45, 7) is 1.70. The number of aromatic nitrogens is 2. The van der Waals surface area contributed by atoms with Gasteiger partial charge in [0.2, 0.25) is 0 Å². The Kier molecular flexibility index (Phi) is 6.63. The molecule has 0 bridgehead atoms. The summed E-state index contributed by atoms with van der Waals surface area (Å²) in [5.74, 6) is 0.000394. The fourth-order valence-electron chi connectivity index (χ4n) is 4.41. The predicted octanol–water partition coefficient (Wildman–Crippen LogP) is 5.93. The number of carbonyl (C=O) groups is 1. The van der Waals surface area contributed by atoms with Crippen LogP contribution in [0.15, 0.2) is 71.9 Å². The first kappa shape index (κ1) is 24.2. The van der Waals surface area contributed by atoms with Gasteiger partial charge in [-0.25, -0.2) is 9.29 Å². The summed E-state index contributed by atoms with van der Waals surface area (Å²) in [7, 11) is 0. The number of hydrogen-bond donors (Lipinski definition) is 3. The van der Waals surface area contributed by atoms with Crippen LogP contribution in [0.5, 0.6) is 0 Å². The van der Waals surface area contributed by atoms with Crippen molar-refractivity contribution in [2.75, 3.05) is 18.4 Å². The number of benzene rings is 2. The second-order valence-electron chi connectivity index (χ2n) is 8.68. The van der Waals surface area contributed by atoms with Gasteiger partial charge in [-0.3, -0.25) is 4.79 Å². The molecule has 0 aliphatic carbocycles. The molecule has 0 spiro atoms. The fourth-order valence-corrected chi connectivity index (χ4v) is 5.35. The van der Waals surface area contributed by atoms with Crippen LogP contribution in [0.4, 0.5) is 19.0 Å². The average Bonchev–Trinajstić information content (AvgIpc) is 3.35. The van der Waals surface area contributed by atoms with E-state index in [1.807, 2.05) is 12.1 Å². The molecule has 3 heterocycles. The summed E-state index contributed by atoms with van der Waals surface area (Å²) in [6, 6.07) is 16.5. The van der Waals surface area contributed by atoms with Gasteiger partial charge >= 0.3 is 6.18 Å². The SMILES string of the molecule is NC(=O)c1ccc(-c2ccc(SN3CCC(Nc4ccc(C(F)(F)F)cn4)CC3)cc2)c2cc[nH]c12. The van der Waals surface area contributed by atoms with Crippen molar-refractivity contribution >= 4 is 34.6 Å². The number of halogens is 3. The summed E-state index contributed by atoms with van der Waals surface area (Å²) in [5.41, 5.74) is 8.03. The number of nitrogens with two attached hydrogens (primary N) is 1. The third-order valence-electron chi connectivity index (χ3n) is 6.29. The van der Waals surface area contributed by atoms with Crippen LogP contribution in [-0.4, -0.2) is 39.3 Å². The topological polar surface area (TPSA) is 87.0 Å². The first-order valence-corrected chi connectivity index (χ1v) is 12.3. The molecule has 5 rings (SSSR count). The lowest BCUT2D eigenvalue weighted by atomic mass is 9.99. The minimum Gasteiger partial charge on any atom is -0.367 e. The van der Waals surface area contributed by atoms with Crippen molar-refractivity contribution in [2.45, 2.75) is 30.0 Å². The maximum Gasteiger partial charge on any atom is 0.417 e. The molecule has 4 N–H and O–H groups in total. The largest absolute Gasteiger partial charge is 0.417 e. The zero-order valence-electron chi connectivity index (χ0n) is 19.2. The number of anilines is 1. The summed E-state index contributed by atoms with van der Waals surface area (Å²) in [6.07, 6.45) is 0.0220. The minimum atomic E-state index is -4.38. The number of fused-ring (bicyclic) bond motifs is 1. The van der Waals surface area contributed by atoms with Crippen LogP contribution in [0, 0.1) is 0 Å². The minimum absolute atomic E-state index is 0.167. The lowest BCUT2D eigenvalue weighted by molar-refractivity contribution is -0.137. The molecule has 0 unspecified atom stereocenters. The Morgan fingerprint density at radius 3 is 2.44 bits per heavy atom.